The predicted molar refractivity (Wildman–Crippen MR) is 63.6 cm³/mol. The fraction of sp³-hybridized carbons (Fsp3) is 0.455. The first-order chi connectivity index (χ1) is 6.86. The summed E-state index contributed by atoms with van der Waals surface area (Å²) in [6.07, 6.45) is 3.39. The topological polar surface area (TPSA) is 20.1 Å². The third kappa shape index (κ3) is 1.64. The van der Waals surface area contributed by atoms with Gasteiger partial charge in [0.15, 0.2) is 6.54 Å². The molecule has 0 fully saturated rings. The van der Waals surface area contributed by atoms with Gasteiger partial charge in [0.25, 0.3) is 5.78 Å². The molecule has 0 bridgehead atoms. The number of rotatable bonds is 0. The van der Waals surface area contributed by atoms with Crippen LogP contribution in [0.4, 0.5) is 0 Å². The van der Waals surface area contributed by atoms with Crippen LogP contribution in [0, 0.1) is 0 Å². The monoisotopic (exact) mass is 242 g/mol. The van der Waals surface area contributed by atoms with E-state index in [0.717, 1.165) is 30.8 Å². The van der Waals surface area contributed by atoms with Gasteiger partial charge in [-0.15, -0.1) is 23.7 Å². The first-order valence-corrected chi connectivity index (χ1v) is 5.96. The number of thiophene rings is 1. The molecule has 0 saturated carbocycles. The van der Waals surface area contributed by atoms with Crippen molar-refractivity contribution in [1.29, 1.82) is 0 Å². The van der Waals surface area contributed by atoms with E-state index in [2.05, 4.69) is 4.58 Å². The van der Waals surface area contributed by atoms with E-state index in [0.29, 0.717) is 0 Å². The van der Waals surface area contributed by atoms with Gasteiger partial charge in [-0.25, -0.2) is 4.58 Å². The van der Waals surface area contributed by atoms with Crippen LogP contribution in [0.15, 0.2) is 11.4 Å². The zero-order valence-corrected chi connectivity index (χ0v) is 10.00. The van der Waals surface area contributed by atoms with Crippen molar-refractivity contribution in [3.05, 3.63) is 21.9 Å². The maximum atomic E-state index is 12.0. The van der Waals surface area contributed by atoms with Crippen LogP contribution in [0.3, 0.4) is 0 Å². The Morgan fingerprint density at radius 2 is 2.20 bits per heavy atom. The van der Waals surface area contributed by atoms with E-state index >= 15 is 0 Å². The van der Waals surface area contributed by atoms with Crippen molar-refractivity contribution in [1.82, 2.24) is 0 Å². The maximum absolute atomic E-state index is 12.0. The standard InChI is InChI=1S/C11H12NOS.ClH/c13-11-8-4-6-14-10(8)7-12-5-2-1-3-9(11)12;/h4,6H,1-3,5,7H2;1H/q+1;. The van der Waals surface area contributed by atoms with Crippen LogP contribution >= 0.6 is 23.7 Å². The Balaban J connectivity index is 0.000000853. The van der Waals surface area contributed by atoms with Gasteiger partial charge in [0.2, 0.25) is 5.71 Å². The number of nitrogens with zero attached hydrogens (tertiary/aromatic N) is 1. The van der Waals surface area contributed by atoms with Crippen LogP contribution in [0.1, 0.15) is 34.5 Å². The lowest BCUT2D eigenvalue weighted by Gasteiger charge is -2.17. The summed E-state index contributed by atoms with van der Waals surface area (Å²) in [5, 5.41) is 2.03. The van der Waals surface area contributed by atoms with E-state index in [1.807, 2.05) is 11.4 Å². The highest BCUT2D eigenvalue weighted by Crippen LogP contribution is 2.25. The molecule has 0 saturated heterocycles. The zero-order valence-electron chi connectivity index (χ0n) is 8.36. The average Bonchev–Trinajstić information content (AvgIpc) is 2.66. The molecular weight excluding hydrogens is 230 g/mol. The van der Waals surface area contributed by atoms with E-state index in [1.165, 1.54) is 17.7 Å². The Morgan fingerprint density at radius 1 is 1.33 bits per heavy atom. The number of carbonyl (C=O) groups is 1. The molecule has 3 heterocycles. The number of ketones is 1. The van der Waals surface area contributed by atoms with Crippen LogP contribution in [0.25, 0.3) is 0 Å². The molecule has 1 aromatic heterocycles. The Kier molecular flexibility index (Phi) is 2.94. The van der Waals surface area contributed by atoms with Crippen molar-refractivity contribution in [3.8, 4) is 0 Å². The van der Waals surface area contributed by atoms with Gasteiger partial charge in [0.1, 0.15) is 6.54 Å². The summed E-state index contributed by atoms with van der Waals surface area (Å²) in [6, 6.07) is 1.97. The minimum Gasteiger partial charge on any atom is -0.282 e. The summed E-state index contributed by atoms with van der Waals surface area (Å²) in [5.41, 5.74) is 2.02. The normalized spacial score (nSPS) is 19.3. The predicted octanol–water partition coefficient (Wildman–Crippen LogP) is 2.50. The van der Waals surface area contributed by atoms with Crippen LogP contribution in [-0.2, 0) is 6.54 Å². The molecule has 0 aliphatic carbocycles. The Labute approximate surface area is 99.0 Å². The minimum absolute atomic E-state index is 0. The number of fused-ring (bicyclic) bond motifs is 1. The summed E-state index contributed by atoms with van der Waals surface area (Å²) in [7, 11) is 0. The van der Waals surface area contributed by atoms with Crippen molar-refractivity contribution < 1.29 is 9.37 Å². The molecule has 2 aliphatic rings. The first kappa shape index (κ1) is 10.8. The summed E-state index contributed by atoms with van der Waals surface area (Å²) >= 11 is 1.71. The molecule has 0 atom stereocenters. The van der Waals surface area contributed by atoms with E-state index in [9.17, 15) is 4.79 Å². The number of carbonyl (C=O) groups excluding carboxylic acids is 1. The zero-order chi connectivity index (χ0) is 9.54. The quantitative estimate of drug-likeness (QED) is 0.640. The van der Waals surface area contributed by atoms with Gasteiger partial charge in [-0.2, -0.15) is 0 Å². The molecule has 0 radical (unpaired) electrons. The molecule has 80 valence electrons. The third-order valence-electron chi connectivity index (χ3n) is 3.06. The molecule has 0 aromatic carbocycles. The Bertz CT molecular complexity index is 436. The van der Waals surface area contributed by atoms with Crippen molar-refractivity contribution in [2.45, 2.75) is 25.8 Å². The fourth-order valence-electron chi connectivity index (χ4n) is 2.31. The van der Waals surface area contributed by atoms with Gasteiger partial charge in [-0.1, -0.05) is 0 Å². The molecule has 2 nitrogen and oxygen atoms in total. The summed E-state index contributed by atoms with van der Waals surface area (Å²) < 4.78 is 2.27. The molecule has 0 spiro atoms. The lowest BCUT2D eigenvalue weighted by molar-refractivity contribution is -0.548. The number of halogens is 1. The SMILES string of the molecule is Cl.O=C1C2=[N+](CCCC2)Cc2sccc21. The van der Waals surface area contributed by atoms with Crippen molar-refractivity contribution in [2.75, 3.05) is 6.54 Å². The molecule has 0 N–H and O–H groups in total. The van der Waals surface area contributed by atoms with Crippen molar-refractivity contribution in [3.63, 3.8) is 0 Å². The molecular formula is C11H13ClNOS+. The van der Waals surface area contributed by atoms with Crippen molar-refractivity contribution >= 4 is 35.2 Å². The van der Waals surface area contributed by atoms with Gasteiger partial charge in [-0.3, -0.25) is 4.79 Å². The fourth-order valence-corrected chi connectivity index (χ4v) is 3.20. The Hall–Kier alpha value is -0.670. The second kappa shape index (κ2) is 4.06. The third-order valence-corrected chi connectivity index (χ3v) is 3.97. The maximum Gasteiger partial charge on any atom is 0.253 e. The number of Topliss-reactive ketones (excluding diaryl/α,β-unsaturated/α-hetero) is 1. The molecule has 4 heteroatoms. The number of hydrogen-bond donors (Lipinski definition) is 0. The molecule has 15 heavy (non-hydrogen) atoms. The largest absolute Gasteiger partial charge is 0.282 e. The summed E-state index contributed by atoms with van der Waals surface area (Å²) in [5.74, 6) is 0.284. The van der Waals surface area contributed by atoms with Gasteiger partial charge < -0.3 is 0 Å². The summed E-state index contributed by atoms with van der Waals surface area (Å²) in [6.45, 7) is 2.03. The lowest BCUT2D eigenvalue weighted by atomic mass is 9.96. The van der Waals surface area contributed by atoms with Crippen LogP contribution in [0.2, 0.25) is 0 Å². The molecule has 0 amide bonds. The lowest BCUT2D eigenvalue weighted by Crippen LogP contribution is -2.36. The molecule has 3 rings (SSSR count). The summed E-state index contributed by atoms with van der Waals surface area (Å²) in [4.78, 5) is 13.3. The van der Waals surface area contributed by atoms with Crippen molar-refractivity contribution in [2.24, 2.45) is 0 Å². The molecule has 0 unspecified atom stereocenters. The van der Waals surface area contributed by atoms with E-state index in [1.54, 1.807) is 11.3 Å². The van der Waals surface area contributed by atoms with E-state index < -0.39 is 0 Å². The highest BCUT2D eigenvalue weighted by molar-refractivity contribution is 7.10. The average molecular weight is 243 g/mol. The van der Waals surface area contributed by atoms with Crippen LogP contribution in [0.5, 0.6) is 0 Å². The Morgan fingerprint density at radius 3 is 3.07 bits per heavy atom. The minimum atomic E-state index is 0. The molecule has 1 aromatic rings. The second-order valence-corrected chi connectivity index (χ2v) is 4.91. The van der Waals surface area contributed by atoms with Gasteiger partial charge >= 0.3 is 0 Å². The van der Waals surface area contributed by atoms with E-state index in [-0.39, 0.29) is 18.2 Å². The first-order valence-electron chi connectivity index (χ1n) is 5.08. The smallest absolute Gasteiger partial charge is 0.253 e. The number of hydrogen-bond acceptors (Lipinski definition) is 2. The highest BCUT2D eigenvalue weighted by atomic mass is 35.5. The van der Waals surface area contributed by atoms with Gasteiger partial charge in [-0.05, 0) is 17.9 Å². The van der Waals surface area contributed by atoms with E-state index in [4.69, 9.17) is 0 Å². The highest BCUT2D eigenvalue weighted by Gasteiger charge is 2.34. The van der Waals surface area contributed by atoms with Gasteiger partial charge in [0.05, 0.1) is 4.88 Å². The second-order valence-electron chi connectivity index (χ2n) is 3.91. The van der Waals surface area contributed by atoms with Crippen LogP contribution < -0.4 is 0 Å². The van der Waals surface area contributed by atoms with Crippen LogP contribution in [-0.4, -0.2) is 22.6 Å². The molecule has 2 aliphatic heterocycles. The van der Waals surface area contributed by atoms with Gasteiger partial charge in [0, 0.05) is 18.4 Å².